The molecule has 0 aliphatic carbocycles. The van der Waals surface area contributed by atoms with Crippen molar-refractivity contribution in [3.63, 3.8) is 0 Å². The first-order valence-corrected chi connectivity index (χ1v) is 5.90. The second-order valence-electron chi connectivity index (χ2n) is 4.26. The molecule has 0 bridgehead atoms. The number of carbonyl (C=O) groups is 2. The van der Waals surface area contributed by atoms with Crippen molar-refractivity contribution in [1.82, 2.24) is 10.2 Å². The average Bonchev–Trinajstić information content (AvgIpc) is 2.77. The summed E-state index contributed by atoms with van der Waals surface area (Å²) in [7, 11) is 1.64. The molecule has 0 aromatic heterocycles. The molecule has 0 spiro atoms. The molecule has 1 aliphatic rings. The summed E-state index contributed by atoms with van der Waals surface area (Å²) in [6.45, 7) is 2.97. The smallest absolute Gasteiger partial charge is 0.326 e. The number of amides is 2. The SMILES string of the molecule is CCC(NC(=O)N(C)CC1CCCO1)C(=O)O. The Hall–Kier alpha value is -1.30. The zero-order valence-corrected chi connectivity index (χ0v) is 10.3. The zero-order valence-electron chi connectivity index (χ0n) is 10.3. The van der Waals surface area contributed by atoms with Gasteiger partial charge in [-0.15, -0.1) is 0 Å². The highest BCUT2D eigenvalue weighted by Crippen LogP contribution is 2.12. The second-order valence-corrected chi connectivity index (χ2v) is 4.26. The van der Waals surface area contributed by atoms with E-state index in [4.69, 9.17) is 9.84 Å². The number of hydrogen-bond donors (Lipinski definition) is 2. The first kappa shape index (κ1) is 13.8. The summed E-state index contributed by atoms with van der Waals surface area (Å²) >= 11 is 0. The van der Waals surface area contributed by atoms with E-state index in [0.29, 0.717) is 13.0 Å². The molecule has 0 aromatic carbocycles. The van der Waals surface area contributed by atoms with Crippen LogP contribution in [-0.4, -0.2) is 54.4 Å². The molecule has 1 rings (SSSR count). The fourth-order valence-corrected chi connectivity index (χ4v) is 1.77. The largest absolute Gasteiger partial charge is 0.480 e. The normalized spacial score (nSPS) is 20.9. The van der Waals surface area contributed by atoms with E-state index in [1.807, 2.05) is 0 Å². The van der Waals surface area contributed by atoms with E-state index >= 15 is 0 Å². The van der Waals surface area contributed by atoms with Gasteiger partial charge in [0.05, 0.1) is 6.10 Å². The summed E-state index contributed by atoms with van der Waals surface area (Å²) in [6.07, 6.45) is 2.42. The number of nitrogens with zero attached hydrogens (tertiary/aromatic N) is 1. The molecule has 1 fully saturated rings. The molecule has 2 atom stereocenters. The Morgan fingerprint density at radius 3 is 2.76 bits per heavy atom. The van der Waals surface area contributed by atoms with Crippen molar-refractivity contribution in [2.24, 2.45) is 0 Å². The molecule has 2 N–H and O–H groups in total. The van der Waals surface area contributed by atoms with Gasteiger partial charge in [-0.2, -0.15) is 0 Å². The van der Waals surface area contributed by atoms with Gasteiger partial charge in [0.1, 0.15) is 6.04 Å². The van der Waals surface area contributed by atoms with Crippen LogP contribution in [0.3, 0.4) is 0 Å². The lowest BCUT2D eigenvalue weighted by Crippen LogP contribution is -2.48. The number of nitrogens with one attached hydrogen (secondary N) is 1. The van der Waals surface area contributed by atoms with E-state index < -0.39 is 12.0 Å². The summed E-state index contributed by atoms with van der Waals surface area (Å²) in [4.78, 5) is 23.9. The lowest BCUT2D eigenvalue weighted by molar-refractivity contribution is -0.139. The molecular weight excluding hydrogens is 224 g/mol. The Morgan fingerprint density at radius 1 is 1.59 bits per heavy atom. The van der Waals surface area contributed by atoms with E-state index in [2.05, 4.69) is 5.32 Å². The molecule has 2 amide bonds. The number of likely N-dealkylation sites (N-methyl/N-ethyl adjacent to an activating group) is 1. The quantitative estimate of drug-likeness (QED) is 0.745. The van der Waals surface area contributed by atoms with Crippen LogP contribution >= 0.6 is 0 Å². The first-order valence-electron chi connectivity index (χ1n) is 5.90. The molecule has 2 unspecified atom stereocenters. The van der Waals surface area contributed by atoms with E-state index in [0.717, 1.165) is 19.4 Å². The van der Waals surface area contributed by atoms with Gasteiger partial charge >= 0.3 is 12.0 Å². The molecule has 98 valence electrons. The number of carboxylic acid groups (broad SMARTS) is 1. The van der Waals surface area contributed by atoms with Crippen LogP contribution < -0.4 is 5.32 Å². The lowest BCUT2D eigenvalue weighted by Gasteiger charge is -2.23. The lowest BCUT2D eigenvalue weighted by atomic mass is 10.2. The minimum Gasteiger partial charge on any atom is -0.480 e. The maximum absolute atomic E-state index is 11.7. The molecular formula is C11H20N2O4. The van der Waals surface area contributed by atoms with Crippen molar-refractivity contribution in [3.05, 3.63) is 0 Å². The van der Waals surface area contributed by atoms with Crippen LogP contribution in [-0.2, 0) is 9.53 Å². The highest BCUT2D eigenvalue weighted by molar-refractivity contribution is 5.82. The minimum absolute atomic E-state index is 0.0793. The molecule has 17 heavy (non-hydrogen) atoms. The number of ether oxygens (including phenoxy) is 1. The van der Waals surface area contributed by atoms with Crippen LogP contribution in [0.4, 0.5) is 4.79 Å². The van der Waals surface area contributed by atoms with Gasteiger partial charge < -0.3 is 20.1 Å². The summed E-state index contributed by atoms with van der Waals surface area (Å²) in [5.41, 5.74) is 0. The molecule has 0 radical (unpaired) electrons. The minimum atomic E-state index is -1.01. The highest BCUT2D eigenvalue weighted by atomic mass is 16.5. The van der Waals surface area contributed by atoms with Crippen LogP contribution in [0, 0.1) is 0 Å². The van der Waals surface area contributed by atoms with Crippen molar-refractivity contribution in [1.29, 1.82) is 0 Å². The van der Waals surface area contributed by atoms with Gasteiger partial charge in [-0.1, -0.05) is 6.92 Å². The Labute approximate surface area is 101 Å². The average molecular weight is 244 g/mol. The van der Waals surface area contributed by atoms with Gasteiger partial charge in [-0.25, -0.2) is 9.59 Å². The number of carboxylic acids is 1. The van der Waals surface area contributed by atoms with E-state index in [1.165, 1.54) is 4.90 Å². The first-order chi connectivity index (χ1) is 8.04. The van der Waals surface area contributed by atoms with Gasteiger partial charge in [0.2, 0.25) is 0 Å². The molecule has 1 aliphatic heterocycles. The number of urea groups is 1. The third-order valence-electron chi connectivity index (χ3n) is 2.85. The predicted octanol–water partition coefficient (Wildman–Crippen LogP) is 0.670. The van der Waals surface area contributed by atoms with E-state index in [1.54, 1.807) is 14.0 Å². The molecule has 1 saturated heterocycles. The summed E-state index contributed by atoms with van der Waals surface area (Å²) in [5, 5.41) is 11.3. The monoisotopic (exact) mass is 244 g/mol. The third kappa shape index (κ3) is 4.22. The van der Waals surface area contributed by atoms with Gasteiger partial charge in [0.15, 0.2) is 0 Å². The van der Waals surface area contributed by atoms with Gasteiger partial charge in [0.25, 0.3) is 0 Å². The van der Waals surface area contributed by atoms with Crippen molar-refractivity contribution >= 4 is 12.0 Å². The molecule has 6 nitrogen and oxygen atoms in total. The van der Waals surface area contributed by atoms with Crippen LogP contribution in [0.5, 0.6) is 0 Å². The fourth-order valence-electron chi connectivity index (χ4n) is 1.77. The molecule has 0 aromatic rings. The van der Waals surface area contributed by atoms with Crippen LogP contribution in [0.25, 0.3) is 0 Å². The molecule has 6 heteroatoms. The third-order valence-corrected chi connectivity index (χ3v) is 2.85. The molecule has 0 saturated carbocycles. The fraction of sp³-hybridized carbons (Fsp3) is 0.818. The van der Waals surface area contributed by atoms with Gasteiger partial charge in [-0.05, 0) is 19.3 Å². The van der Waals surface area contributed by atoms with Gasteiger partial charge in [0, 0.05) is 20.2 Å². The standard InChI is InChI=1S/C11H20N2O4/c1-3-9(10(14)15)12-11(16)13(2)7-8-5-4-6-17-8/h8-9H,3-7H2,1-2H3,(H,12,16)(H,14,15). The Kier molecular flexibility index (Phi) is 5.21. The summed E-state index contributed by atoms with van der Waals surface area (Å²) < 4.78 is 5.41. The summed E-state index contributed by atoms with van der Waals surface area (Å²) in [6, 6.07) is -1.19. The zero-order chi connectivity index (χ0) is 12.8. The van der Waals surface area contributed by atoms with Crippen LogP contribution in [0.1, 0.15) is 26.2 Å². The molecule has 1 heterocycles. The van der Waals surface area contributed by atoms with Crippen molar-refractivity contribution in [3.8, 4) is 0 Å². The van der Waals surface area contributed by atoms with Crippen LogP contribution in [0.2, 0.25) is 0 Å². The number of hydrogen-bond acceptors (Lipinski definition) is 3. The number of carbonyl (C=O) groups excluding carboxylic acids is 1. The Morgan fingerprint density at radius 2 is 2.29 bits per heavy atom. The van der Waals surface area contributed by atoms with Crippen molar-refractivity contribution in [2.45, 2.75) is 38.3 Å². The Bertz CT molecular complexity index is 277. The number of aliphatic carboxylic acids is 1. The highest BCUT2D eigenvalue weighted by Gasteiger charge is 2.23. The van der Waals surface area contributed by atoms with Gasteiger partial charge in [-0.3, -0.25) is 0 Å². The maximum atomic E-state index is 11.7. The number of rotatable bonds is 5. The maximum Gasteiger partial charge on any atom is 0.326 e. The van der Waals surface area contributed by atoms with E-state index in [9.17, 15) is 9.59 Å². The second kappa shape index (κ2) is 6.44. The van der Waals surface area contributed by atoms with Crippen molar-refractivity contribution in [2.75, 3.05) is 20.2 Å². The summed E-state index contributed by atoms with van der Waals surface area (Å²) in [5.74, 6) is -1.01. The van der Waals surface area contributed by atoms with Crippen molar-refractivity contribution < 1.29 is 19.4 Å². The topological polar surface area (TPSA) is 78.9 Å². The van der Waals surface area contributed by atoms with E-state index in [-0.39, 0.29) is 12.1 Å². The predicted molar refractivity (Wildman–Crippen MR) is 61.9 cm³/mol. The Balaban J connectivity index is 2.37. The van der Waals surface area contributed by atoms with Crippen LogP contribution in [0.15, 0.2) is 0 Å².